The van der Waals surface area contributed by atoms with Gasteiger partial charge in [-0.1, -0.05) is 0 Å². The molecular formula is C7H5IN2O2S. The summed E-state index contributed by atoms with van der Waals surface area (Å²) in [5.74, 6) is 0.0773. The molecule has 68 valence electrons. The number of fused-ring (bicyclic) bond motifs is 1. The zero-order valence-electron chi connectivity index (χ0n) is 6.36. The molecule has 0 fully saturated rings. The van der Waals surface area contributed by atoms with Crippen LogP contribution in [-0.2, 0) is 10.0 Å². The number of nitrogens with two attached hydrogens (primary N) is 1. The van der Waals surface area contributed by atoms with E-state index in [2.05, 4.69) is 27.0 Å². The van der Waals surface area contributed by atoms with E-state index in [0.717, 1.165) is 3.57 Å². The summed E-state index contributed by atoms with van der Waals surface area (Å²) in [4.78, 5) is 0.199. The molecule has 2 N–H and O–H groups in total. The first-order valence-electron chi connectivity index (χ1n) is 3.41. The van der Waals surface area contributed by atoms with Crippen molar-refractivity contribution in [1.29, 1.82) is 0 Å². The van der Waals surface area contributed by atoms with E-state index in [1.165, 1.54) is 6.07 Å². The van der Waals surface area contributed by atoms with Crippen LogP contribution in [-0.4, -0.2) is 14.3 Å². The van der Waals surface area contributed by atoms with Gasteiger partial charge in [-0.25, -0.2) is 0 Å². The molecule has 2 rings (SSSR count). The fraction of sp³-hybridized carbons (Fsp3) is 0. The summed E-state index contributed by atoms with van der Waals surface area (Å²) in [6, 6.07) is 4.94. The van der Waals surface area contributed by atoms with Gasteiger partial charge in [-0.05, 0) is 40.8 Å². The lowest BCUT2D eigenvalue weighted by Gasteiger charge is -1.97. The van der Waals surface area contributed by atoms with Crippen LogP contribution in [0, 0.1) is 3.57 Å². The summed E-state index contributed by atoms with van der Waals surface area (Å²) in [7, 11) is -3.51. The molecule has 1 aromatic carbocycles. The van der Waals surface area contributed by atoms with Gasteiger partial charge >= 0.3 is 0 Å². The van der Waals surface area contributed by atoms with E-state index in [0.29, 0.717) is 5.56 Å². The van der Waals surface area contributed by atoms with Gasteiger partial charge in [0.2, 0.25) is 0 Å². The smallest absolute Gasteiger partial charge is 0.285 e. The Labute approximate surface area is 89.0 Å². The Balaban J connectivity index is 2.82. The quantitative estimate of drug-likeness (QED) is 0.717. The minimum absolute atomic E-state index is 0.0773. The molecule has 0 spiro atoms. The van der Waals surface area contributed by atoms with Crippen molar-refractivity contribution in [3.8, 4) is 0 Å². The van der Waals surface area contributed by atoms with Crippen LogP contribution in [0.15, 0.2) is 27.5 Å². The van der Waals surface area contributed by atoms with Crippen molar-refractivity contribution in [2.45, 2.75) is 4.90 Å². The standard InChI is InChI=1S/C7H5IN2O2S/c8-4-1-2-6-5(3-4)7(9)10-13(6,11)12/h1-3H,(H2,9,10). The lowest BCUT2D eigenvalue weighted by Crippen LogP contribution is -2.10. The Bertz CT molecular complexity index is 507. The fourth-order valence-corrected chi connectivity index (χ4v) is 2.78. The molecule has 0 radical (unpaired) electrons. The van der Waals surface area contributed by atoms with Crippen LogP contribution in [0.5, 0.6) is 0 Å². The highest BCUT2D eigenvalue weighted by atomic mass is 127. The first-order valence-corrected chi connectivity index (χ1v) is 5.93. The number of amidine groups is 1. The zero-order chi connectivity index (χ0) is 9.64. The monoisotopic (exact) mass is 308 g/mol. The Morgan fingerprint density at radius 3 is 2.77 bits per heavy atom. The van der Waals surface area contributed by atoms with Crippen LogP contribution in [0.3, 0.4) is 0 Å². The molecule has 0 amide bonds. The number of sulfonamides is 1. The lowest BCUT2D eigenvalue weighted by molar-refractivity contribution is 0.599. The molecule has 0 saturated heterocycles. The predicted molar refractivity (Wildman–Crippen MR) is 57.1 cm³/mol. The maximum absolute atomic E-state index is 11.3. The van der Waals surface area contributed by atoms with E-state index < -0.39 is 10.0 Å². The number of halogens is 1. The van der Waals surface area contributed by atoms with Crippen molar-refractivity contribution < 1.29 is 8.42 Å². The van der Waals surface area contributed by atoms with E-state index >= 15 is 0 Å². The van der Waals surface area contributed by atoms with Crippen molar-refractivity contribution in [1.82, 2.24) is 0 Å². The molecule has 0 bridgehead atoms. The van der Waals surface area contributed by atoms with Gasteiger partial charge < -0.3 is 5.73 Å². The van der Waals surface area contributed by atoms with E-state index in [9.17, 15) is 8.42 Å². The minimum atomic E-state index is -3.51. The average Bonchev–Trinajstić information content (AvgIpc) is 2.22. The molecule has 1 aromatic rings. The molecular weight excluding hydrogens is 303 g/mol. The van der Waals surface area contributed by atoms with Crippen LogP contribution in [0.4, 0.5) is 0 Å². The molecule has 1 aliphatic rings. The molecule has 0 atom stereocenters. The van der Waals surface area contributed by atoms with Gasteiger partial charge in [0.05, 0.1) is 0 Å². The van der Waals surface area contributed by atoms with E-state index in [1.54, 1.807) is 12.1 Å². The molecule has 0 unspecified atom stereocenters. The molecule has 1 aliphatic heterocycles. The normalized spacial score (nSPS) is 18.1. The Morgan fingerprint density at radius 2 is 2.08 bits per heavy atom. The van der Waals surface area contributed by atoms with Gasteiger partial charge in [0.15, 0.2) is 0 Å². The zero-order valence-corrected chi connectivity index (χ0v) is 9.33. The lowest BCUT2D eigenvalue weighted by atomic mass is 10.2. The summed E-state index contributed by atoms with van der Waals surface area (Å²) in [5, 5.41) is 0. The van der Waals surface area contributed by atoms with Crippen molar-refractivity contribution in [2.24, 2.45) is 10.1 Å². The van der Waals surface area contributed by atoms with Crippen LogP contribution >= 0.6 is 22.6 Å². The number of nitrogens with zero attached hydrogens (tertiary/aromatic N) is 1. The largest absolute Gasteiger partial charge is 0.382 e. The van der Waals surface area contributed by atoms with Gasteiger partial charge in [-0.15, -0.1) is 4.40 Å². The summed E-state index contributed by atoms with van der Waals surface area (Å²) in [6.45, 7) is 0. The number of hydrogen-bond acceptors (Lipinski definition) is 3. The van der Waals surface area contributed by atoms with Crippen LogP contribution < -0.4 is 5.73 Å². The third-order valence-electron chi connectivity index (χ3n) is 1.71. The second-order valence-electron chi connectivity index (χ2n) is 2.59. The number of benzene rings is 1. The molecule has 1 heterocycles. The van der Waals surface area contributed by atoms with Crippen molar-refractivity contribution in [3.05, 3.63) is 27.3 Å². The fourth-order valence-electron chi connectivity index (χ4n) is 1.16. The van der Waals surface area contributed by atoms with Gasteiger partial charge in [0.25, 0.3) is 10.0 Å². The highest BCUT2D eigenvalue weighted by Crippen LogP contribution is 2.25. The van der Waals surface area contributed by atoms with E-state index in [1.807, 2.05) is 0 Å². The third-order valence-corrected chi connectivity index (χ3v) is 3.73. The molecule has 0 aromatic heterocycles. The van der Waals surface area contributed by atoms with Gasteiger partial charge in [0, 0.05) is 9.13 Å². The first kappa shape index (κ1) is 8.95. The van der Waals surface area contributed by atoms with Gasteiger partial charge in [-0.3, -0.25) is 0 Å². The third kappa shape index (κ3) is 1.33. The average molecular weight is 308 g/mol. The number of hydrogen-bond donors (Lipinski definition) is 1. The molecule has 4 nitrogen and oxygen atoms in total. The summed E-state index contributed by atoms with van der Waals surface area (Å²) in [6.07, 6.45) is 0. The minimum Gasteiger partial charge on any atom is -0.382 e. The van der Waals surface area contributed by atoms with Crippen LogP contribution in [0.25, 0.3) is 0 Å². The van der Waals surface area contributed by atoms with E-state index in [-0.39, 0.29) is 10.7 Å². The second kappa shape index (κ2) is 2.68. The van der Waals surface area contributed by atoms with Crippen LogP contribution in [0.2, 0.25) is 0 Å². The molecule has 0 aliphatic carbocycles. The first-order chi connectivity index (χ1) is 6.00. The second-order valence-corrected chi connectivity index (χ2v) is 5.41. The summed E-state index contributed by atoms with van der Waals surface area (Å²) in [5.41, 5.74) is 5.96. The molecule has 6 heteroatoms. The molecule has 13 heavy (non-hydrogen) atoms. The highest BCUT2D eigenvalue weighted by Gasteiger charge is 2.26. The summed E-state index contributed by atoms with van der Waals surface area (Å²) < 4.78 is 26.9. The van der Waals surface area contributed by atoms with Crippen LogP contribution in [0.1, 0.15) is 5.56 Å². The maximum Gasteiger partial charge on any atom is 0.285 e. The Hall–Kier alpha value is -0.630. The molecule has 0 saturated carbocycles. The maximum atomic E-state index is 11.3. The van der Waals surface area contributed by atoms with E-state index in [4.69, 9.17) is 5.73 Å². The Morgan fingerprint density at radius 1 is 1.38 bits per heavy atom. The number of rotatable bonds is 0. The topological polar surface area (TPSA) is 72.5 Å². The van der Waals surface area contributed by atoms with Crippen molar-refractivity contribution in [2.75, 3.05) is 0 Å². The van der Waals surface area contributed by atoms with Crippen molar-refractivity contribution >= 4 is 38.4 Å². The SMILES string of the molecule is NC1=NS(=O)(=O)c2ccc(I)cc21. The van der Waals surface area contributed by atoms with Crippen molar-refractivity contribution in [3.63, 3.8) is 0 Å². The Kier molecular flexibility index (Phi) is 1.84. The van der Waals surface area contributed by atoms with Gasteiger partial charge in [-0.2, -0.15) is 8.42 Å². The highest BCUT2D eigenvalue weighted by molar-refractivity contribution is 14.1. The van der Waals surface area contributed by atoms with Gasteiger partial charge in [0.1, 0.15) is 10.7 Å². The summed E-state index contributed by atoms with van der Waals surface area (Å²) >= 11 is 2.09. The predicted octanol–water partition coefficient (Wildman–Crippen LogP) is 0.699.